The molecule has 0 fully saturated rings. The second-order valence-electron chi connectivity index (χ2n) is 1.98. The van der Waals surface area contributed by atoms with E-state index >= 15 is 0 Å². The zero-order valence-corrected chi connectivity index (χ0v) is 7.81. The minimum Gasteiger partial charge on any atom is -0.508 e. The molecule has 1 aromatic rings. The van der Waals surface area contributed by atoms with E-state index in [1.54, 1.807) is 24.3 Å². The summed E-state index contributed by atoms with van der Waals surface area (Å²) in [7, 11) is -2.70. The van der Waals surface area contributed by atoms with Gasteiger partial charge in [-0.05, 0) is 12.1 Å². The quantitative estimate of drug-likeness (QED) is 0.658. The number of phenolic OH excluding ortho intramolecular Hbond substituents is 1. The number of carbonyl (C=O) groups excluding carboxylic acids is 1. The molecule has 6 nitrogen and oxygen atoms in total. The highest BCUT2D eigenvalue weighted by molar-refractivity contribution is 7.62. The van der Waals surface area contributed by atoms with Crippen LogP contribution in [0.2, 0.25) is 0 Å². The molecule has 2 amide bonds. The predicted molar refractivity (Wildman–Crippen MR) is 49.0 cm³/mol. The fourth-order valence-electron chi connectivity index (χ4n) is 0.501. The van der Waals surface area contributed by atoms with Crippen LogP contribution in [-0.2, 0) is 10.5 Å². The molecule has 0 aliphatic heterocycles. The van der Waals surface area contributed by atoms with E-state index in [9.17, 15) is 13.2 Å². The Morgan fingerprint density at radius 3 is 1.93 bits per heavy atom. The molecule has 0 aliphatic carbocycles. The molecule has 0 saturated carbocycles. The lowest BCUT2D eigenvalue weighted by molar-refractivity contribution is 0.257. The van der Waals surface area contributed by atoms with E-state index in [1.807, 2.05) is 6.07 Å². The van der Waals surface area contributed by atoms with Crippen LogP contribution in [0.3, 0.4) is 0 Å². The molecule has 0 radical (unpaired) electrons. The Labute approximate surface area is 81.7 Å². The van der Waals surface area contributed by atoms with Crippen molar-refractivity contribution >= 4 is 16.5 Å². The van der Waals surface area contributed by atoms with Crippen molar-refractivity contribution in [1.82, 2.24) is 0 Å². The van der Waals surface area contributed by atoms with Crippen molar-refractivity contribution in [3.05, 3.63) is 30.3 Å². The number of amides is 2. The first kappa shape index (κ1) is 12.1. The average Bonchev–Trinajstić information content (AvgIpc) is 2.03. The molecule has 3 N–H and O–H groups in total. The Kier molecular flexibility index (Phi) is 5.72. The first-order valence-electron chi connectivity index (χ1n) is 3.37. The SMILES string of the molecule is NC(=O)N=S(=O)=O.Oc1ccccc1. The van der Waals surface area contributed by atoms with Crippen LogP contribution in [0.1, 0.15) is 0 Å². The molecule has 0 heterocycles. The van der Waals surface area contributed by atoms with Gasteiger partial charge in [0.15, 0.2) is 0 Å². The van der Waals surface area contributed by atoms with Gasteiger partial charge in [-0.2, -0.15) is 8.42 Å². The molecule has 0 unspecified atom stereocenters. The number of hydrogen-bond donors (Lipinski definition) is 2. The smallest absolute Gasteiger partial charge is 0.353 e. The van der Waals surface area contributed by atoms with Gasteiger partial charge in [-0.25, -0.2) is 4.79 Å². The summed E-state index contributed by atoms with van der Waals surface area (Å²) in [5.41, 5.74) is 4.29. The number of carbonyl (C=O) groups is 1. The zero-order valence-electron chi connectivity index (χ0n) is 6.99. The van der Waals surface area contributed by atoms with Crippen molar-refractivity contribution in [1.29, 1.82) is 0 Å². The van der Waals surface area contributed by atoms with Crippen LogP contribution in [0.15, 0.2) is 34.7 Å². The maximum Gasteiger partial charge on any atom is 0.353 e. The number of urea groups is 1. The number of primary amides is 1. The van der Waals surface area contributed by atoms with Crippen LogP contribution in [-0.4, -0.2) is 19.6 Å². The maximum absolute atomic E-state index is 9.47. The molecule has 76 valence electrons. The van der Waals surface area contributed by atoms with Gasteiger partial charge in [0.2, 0.25) is 0 Å². The molecular formula is C7H8N2O4S. The first-order chi connectivity index (χ1) is 6.52. The van der Waals surface area contributed by atoms with E-state index in [2.05, 4.69) is 10.1 Å². The molecule has 1 aromatic carbocycles. The van der Waals surface area contributed by atoms with Crippen LogP contribution in [0.5, 0.6) is 5.75 Å². The Morgan fingerprint density at radius 1 is 1.29 bits per heavy atom. The number of phenols is 1. The van der Waals surface area contributed by atoms with E-state index in [-0.39, 0.29) is 0 Å². The molecule has 0 atom stereocenters. The third-order valence-corrected chi connectivity index (χ3v) is 1.25. The van der Waals surface area contributed by atoms with E-state index in [1.165, 1.54) is 0 Å². The topological polar surface area (TPSA) is 110 Å². The van der Waals surface area contributed by atoms with Gasteiger partial charge in [-0.1, -0.05) is 22.6 Å². The molecule has 1 rings (SSSR count). The van der Waals surface area contributed by atoms with Gasteiger partial charge in [0.25, 0.3) is 0 Å². The van der Waals surface area contributed by atoms with Crippen LogP contribution in [0.25, 0.3) is 0 Å². The van der Waals surface area contributed by atoms with Crippen molar-refractivity contribution in [2.24, 2.45) is 10.1 Å². The summed E-state index contributed by atoms with van der Waals surface area (Å²) in [6.45, 7) is 0. The third kappa shape index (κ3) is 8.21. The van der Waals surface area contributed by atoms with Crippen LogP contribution >= 0.6 is 0 Å². The number of nitrogens with two attached hydrogens (primary N) is 1. The second-order valence-corrected chi connectivity index (χ2v) is 2.60. The second kappa shape index (κ2) is 6.61. The van der Waals surface area contributed by atoms with Crippen LogP contribution in [0.4, 0.5) is 4.79 Å². The van der Waals surface area contributed by atoms with Crippen molar-refractivity contribution < 1.29 is 18.3 Å². The number of para-hydroxylation sites is 1. The summed E-state index contributed by atoms with van der Waals surface area (Å²) in [5, 5.41) is 8.63. The molecule has 0 aliphatic rings. The summed E-state index contributed by atoms with van der Waals surface area (Å²) < 4.78 is 21.0. The Hall–Kier alpha value is -1.89. The summed E-state index contributed by atoms with van der Waals surface area (Å²) >= 11 is 0. The Balaban J connectivity index is 0.000000241. The van der Waals surface area contributed by atoms with Gasteiger partial charge in [0, 0.05) is 0 Å². The highest BCUT2D eigenvalue weighted by Crippen LogP contribution is 2.02. The predicted octanol–water partition coefficient (Wildman–Crippen LogP) is 0.520. The Morgan fingerprint density at radius 2 is 1.79 bits per heavy atom. The first-order valence-corrected chi connectivity index (χ1v) is 4.40. The van der Waals surface area contributed by atoms with Crippen LogP contribution in [0, 0.1) is 0 Å². The standard InChI is InChI=1S/C6H6O.CH2N2O3S/c7-6-4-2-1-3-5-6;2-1(4)3-7(5)6/h1-5,7H;(H2,2,4). The summed E-state index contributed by atoms with van der Waals surface area (Å²) in [6, 6.07) is 7.51. The molecular weight excluding hydrogens is 208 g/mol. The van der Waals surface area contributed by atoms with Crippen molar-refractivity contribution in [3.63, 3.8) is 0 Å². The third-order valence-electron chi connectivity index (χ3n) is 0.921. The fourth-order valence-corrected chi connectivity index (χ4v) is 0.648. The van der Waals surface area contributed by atoms with Gasteiger partial charge < -0.3 is 10.8 Å². The number of rotatable bonds is 0. The number of aromatic hydroxyl groups is 1. The van der Waals surface area contributed by atoms with Crippen molar-refractivity contribution in [2.75, 3.05) is 0 Å². The van der Waals surface area contributed by atoms with Gasteiger partial charge >= 0.3 is 16.5 Å². The molecule has 0 aromatic heterocycles. The Bertz CT molecular complexity index is 405. The molecule has 0 bridgehead atoms. The highest BCUT2D eigenvalue weighted by Gasteiger charge is 1.80. The minimum absolute atomic E-state index is 0.322. The monoisotopic (exact) mass is 216 g/mol. The lowest BCUT2D eigenvalue weighted by atomic mass is 10.3. The fraction of sp³-hybridized carbons (Fsp3) is 0. The van der Waals surface area contributed by atoms with Gasteiger partial charge in [-0.15, -0.1) is 0 Å². The van der Waals surface area contributed by atoms with E-state index < -0.39 is 16.5 Å². The van der Waals surface area contributed by atoms with Gasteiger partial charge in [0.1, 0.15) is 5.75 Å². The van der Waals surface area contributed by atoms with Crippen LogP contribution < -0.4 is 5.73 Å². The van der Waals surface area contributed by atoms with Crippen molar-refractivity contribution in [3.8, 4) is 5.75 Å². The highest BCUT2D eigenvalue weighted by atomic mass is 32.2. The molecule has 14 heavy (non-hydrogen) atoms. The molecule has 7 heteroatoms. The normalized spacial score (nSPS) is 8.00. The van der Waals surface area contributed by atoms with Gasteiger partial charge in [0.05, 0.1) is 0 Å². The number of nitrogens with zero attached hydrogens (tertiary/aromatic N) is 1. The number of hydrogen-bond acceptors (Lipinski definition) is 4. The van der Waals surface area contributed by atoms with E-state index in [4.69, 9.17) is 5.11 Å². The molecule has 0 saturated heterocycles. The lowest BCUT2D eigenvalue weighted by Gasteiger charge is -1.82. The van der Waals surface area contributed by atoms with E-state index in [0.29, 0.717) is 5.75 Å². The maximum atomic E-state index is 9.47. The summed E-state index contributed by atoms with van der Waals surface area (Å²) in [6.07, 6.45) is 0. The lowest BCUT2D eigenvalue weighted by Crippen LogP contribution is -2.02. The minimum atomic E-state index is -2.70. The molecule has 0 spiro atoms. The average molecular weight is 216 g/mol. The van der Waals surface area contributed by atoms with Crippen molar-refractivity contribution in [2.45, 2.75) is 0 Å². The van der Waals surface area contributed by atoms with E-state index in [0.717, 1.165) is 0 Å². The van der Waals surface area contributed by atoms with Gasteiger partial charge in [-0.3, -0.25) is 0 Å². The largest absolute Gasteiger partial charge is 0.508 e. The number of benzene rings is 1. The zero-order chi connectivity index (χ0) is 11.0. The summed E-state index contributed by atoms with van der Waals surface area (Å²) in [5.74, 6) is 0.322. The summed E-state index contributed by atoms with van der Waals surface area (Å²) in [4.78, 5) is 9.47.